The van der Waals surface area contributed by atoms with Crippen LogP contribution < -0.4 is 5.32 Å². The highest BCUT2D eigenvalue weighted by Gasteiger charge is 2.53. The number of hydrogen-bond acceptors (Lipinski definition) is 4. The van der Waals surface area contributed by atoms with Crippen molar-refractivity contribution in [1.82, 2.24) is 5.32 Å². The maximum atomic E-state index is 5.70. The molecule has 66 valence electrons. The number of nitrogens with one attached hydrogen (secondary N) is 1. The van der Waals surface area contributed by atoms with E-state index in [4.69, 9.17) is 14.0 Å². The number of morpholine rings is 1. The zero-order chi connectivity index (χ0) is 8.13. The van der Waals surface area contributed by atoms with E-state index in [1.165, 1.54) is 0 Å². The smallest absolute Gasteiger partial charge is 0.403 e. The maximum Gasteiger partial charge on any atom is 0.454 e. The predicted molar refractivity (Wildman–Crippen MR) is 42.9 cm³/mol. The molecule has 0 radical (unpaired) electrons. The molecule has 3 rings (SSSR count). The minimum Gasteiger partial charge on any atom is -0.403 e. The molecule has 4 nitrogen and oxygen atoms in total. The Morgan fingerprint density at radius 1 is 1.17 bits per heavy atom. The number of hydrogen-bond donors (Lipinski definition) is 1. The number of ether oxygens (including phenoxy) is 1. The molecule has 0 aromatic carbocycles. The van der Waals surface area contributed by atoms with Gasteiger partial charge in [0, 0.05) is 13.1 Å². The molecule has 4 unspecified atom stereocenters. The maximum absolute atomic E-state index is 5.70. The highest BCUT2D eigenvalue weighted by molar-refractivity contribution is 6.43. The third kappa shape index (κ3) is 0.878. The zero-order valence-corrected chi connectivity index (χ0v) is 7.03. The van der Waals surface area contributed by atoms with Crippen LogP contribution in [0.5, 0.6) is 0 Å². The summed E-state index contributed by atoms with van der Waals surface area (Å²) >= 11 is 0. The molecule has 5 heteroatoms. The van der Waals surface area contributed by atoms with E-state index >= 15 is 0 Å². The van der Waals surface area contributed by atoms with E-state index < -0.39 is 0 Å². The van der Waals surface area contributed by atoms with E-state index in [-0.39, 0.29) is 31.5 Å². The number of fused-ring (bicyclic) bond motifs is 5. The molecule has 3 saturated heterocycles. The van der Waals surface area contributed by atoms with E-state index in [9.17, 15) is 0 Å². The lowest BCUT2D eigenvalue weighted by Gasteiger charge is -2.23. The van der Waals surface area contributed by atoms with Crippen LogP contribution in [0.1, 0.15) is 0 Å². The fourth-order valence-electron chi connectivity index (χ4n) is 2.30. The Balaban J connectivity index is 1.85. The molecule has 0 amide bonds. The molecule has 4 atom stereocenters. The van der Waals surface area contributed by atoms with Crippen molar-refractivity contribution >= 4 is 7.12 Å². The van der Waals surface area contributed by atoms with Gasteiger partial charge >= 0.3 is 7.12 Å². The first-order valence-corrected chi connectivity index (χ1v) is 4.52. The van der Waals surface area contributed by atoms with Gasteiger partial charge in [-0.1, -0.05) is 0 Å². The summed E-state index contributed by atoms with van der Waals surface area (Å²) in [4.78, 5) is 0. The minimum absolute atomic E-state index is 0.0491. The van der Waals surface area contributed by atoms with Gasteiger partial charge in [-0.3, -0.25) is 0 Å². The summed E-state index contributed by atoms with van der Waals surface area (Å²) in [7, 11) is -0.0491. The van der Waals surface area contributed by atoms with E-state index in [1.54, 1.807) is 0 Å². The predicted octanol–water partition coefficient (Wildman–Crippen LogP) is -0.741. The summed E-state index contributed by atoms with van der Waals surface area (Å²) in [6.45, 7) is 3.74. The molecule has 2 bridgehead atoms. The second-order valence-electron chi connectivity index (χ2n) is 3.64. The molecular weight excluding hydrogens is 157 g/mol. The summed E-state index contributed by atoms with van der Waals surface area (Å²) in [6.07, 6.45) is 0.748. The minimum atomic E-state index is -0.0491. The first-order chi connectivity index (χ1) is 5.84. The standard InChI is InChI=1S/C7H12BNO3/c1-8-11-6-4-2-9-3-5(10-4)7(6)12-8/h4-7,9H,2-3H2,1H3. The van der Waals surface area contributed by atoms with Gasteiger partial charge < -0.3 is 19.4 Å². The second-order valence-corrected chi connectivity index (χ2v) is 3.64. The SMILES string of the molecule is CB1OC2C3CNCC(O3)C2O1. The summed E-state index contributed by atoms with van der Waals surface area (Å²) in [6, 6.07) is 0. The molecule has 3 aliphatic rings. The lowest BCUT2D eigenvalue weighted by molar-refractivity contribution is -0.0232. The van der Waals surface area contributed by atoms with Gasteiger partial charge in [0.15, 0.2) is 0 Å². The molecule has 0 aliphatic carbocycles. The topological polar surface area (TPSA) is 39.7 Å². The summed E-state index contributed by atoms with van der Waals surface area (Å²) in [5.41, 5.74) is 0. The van der Waals surface area contributed by atoms with Gasteiger partial charge in [0.05, 0.1) is 24.4 Å². The summed E-state index contributed by atoms with van der Waals surface area (Å²) in [5, 5.41) is 3.31. The average molecular weight is 169 g/mol. The van der Waals surface area contributed by atoms with E-state index in [0.717, 1.165) is 13.1 Å². The van der Waals surface area contributed by atoms with Gasteiger partial charge in [-0.2, -0.15) is 0 Å². The van der Waals surface area contributed by atoms with Crippen LogP contribution in [0.4, 0.5) is 0 Å². The lowest BCUT2D eigenvalue weighted by atomic mass is 9.96. The van der Waals surface area contributed by atoms with Crippen LogP contribution in [0, 0.1) is 0 Å². The Hall–Kier alpha value is -0.0951. The van der Waals surface area contributed by atoms with Gasteiger partial charge in [0.1, 0.15) is 0 Å². The molecule has 3 aliphatic heterocycles. The number of rotatable bonds is 0. The van der Waals surface area contributed by atoms with Crippen molar-refractivity contribution in [2.75, 3.05) is 13.1 Å². The van der Waals surface area contributed by atoms with Crippen LogP contribution in [0.15, 0.2) is 0 Å². The van der Waals surface area contributed by atoms with Crippen molar-refractivity contribution in [2.45, 2.75) is 31.2 Å². The van der Waals surface area contributed by atoms with Crippen molar-refractivity contribution in [3.05, 3.63) is 0 Å². The van der Waals surface area contributed by atoms with Crippen LogP contribution in [0.25, 0.3) is 0 Å². The van der Waals surface area contributed by atoms with E-state index in [2.05, 4.69) is 5.32 Å². The van der Waals surface area contributed by atoms with Crippen LogP contribution in [0.3, 0.4) is 0 Å². The Labute approximate surface area is 71.7 Å². The molecule has 0 aromatic rings. The molecule has 12 heavy (non-hydrogen) atoms. The summed E-state index contributed by atoms with van der Waals surface area (Å²) in [5.74, 6) is 0. The Bertz CT molecular complexity index is 185. The lowest BCUT2D eigenvalue weighted by Crippen LogP contribution is -2.42. The molecule has 3 heterocycles. The molecule has 0 spiro atoms. The Morgan fingerprint density at radius 2 is 1.75 bits per heavy atom. The van der Waals surface area contributed by atoms with Crippen molar-refractivity contribution in [1.29, 1.82) is 0 Å². The highest BCUT2D eigenvalue weighted by atomic mass is 16.7. The van der Waals surface area contributed by atoms with Crippen LogP contribution in [-0.2, 0) is 14.0 Å². The third-order valence-corrected chi connectivity index (χ3v) is 2.79. The van der Waals surface area contributed by atoms with E-state index in [1.807, 2.05) is 6.82 Å². The van der Waals surface area contributed by atoms with Gasteiger partial charge in [-0.15, -0.1) is 0 Å². The molecule has 3 fully saturated rings. The first-order valence-electron chi connectivity index (χ1n) is 4.52. The Kier molecular flexibility index (Phi) is 1.49. The van der Waals surface area contributed by atoms with Gasteiger partial charge in [-0.05, 0) is 6.82 Å². The van der Waals surface area contributed by atoms with Crippen molar-refractivity contribution < 1.29 is 14.0 Å². The van der Waals surface area contributed by atoms with Gasteiger partial charge in [0.2, 0.25) is 0 Å². The van der Waals surface area contributed by atoms with E-state index in [0.29, 0.717) is 0 Å². The molecule has 0 aromatic heterocycles. The largest absolute Gasteiger partial charge is 0.454 e. The Morgan fingerprint density at radius 3 is 2.33 bits per heavy atom. The molecule has 0 saturated carbocycles. The quantitative estimate of drug-likeness (QED) is 0.484. The summed E-state index contributed by atoms with van der Waals surface area (Å²) < 4.78 is 16.9. The fourth-order valence-corrected chi connectivity index (χ4v) is 2.30. The zero-order valence-electron chi connectivity index (χ0n) is 7.03. The van der Waals surface area contributed by atoms with Gasteiger partial charge in [0.25, 0.3) is 0 Å². The van der Waals surface area contributed by atoms with Crippen LogP contribution in [0.2, 0.25) is 6.82 Å². The van der Waals surface area contributed by atoms with Crippen LogP contribution >= 0.6 is 0 Å². The third-order valence-electron chi connectivity index (χ3n) is 2.79. The monoisotopic (exact) mass is 169 g/mol. The van der Waals surface area contributed by atoms with Crippen LogP contribution in [-0.4, -0.2) is 44.6 Å². The highest BCUT2D eigenvalue weighted by Crippen LogP contribution is 2.33. The normalized spacial score (nSPS) is 51.2. The average Bonchev–Trinajstić information content (AvgIpc) is 2.55. The first kappa shape index (κ1) is 7.32. The molecule has 1 N–H and O–H groups in total. The van der Waals surface area contributed by atoms with Gasteiger partial charge in [-0.25, -0.2) is 0 Å². The molecular formula is C7H12BNO3. The van der Waals surface area contributed by atoms with Crippen molar-refractivity contribution in [3.8, 4) is 0 Å². The van der Waals surface area contributed by atoms with Crippen molar-refractivity contribution in [3.63, 3.8) is 0 Å². The fraction of sp³-hybridized carbons (Fsp3) is 1.00. The second kappa shape index (κ2) is 2.45. The van der Waals surface area contributed by atoms with Crippen molar-refractivity contribution in [2.24, 2.45) is 0 Å².